The number of carboxylic acid groups (broad SMARTS) is 1. The molecule has 3 aromatic carbocycles. The molecule has 0 aliphatic carbocycles. The number of carbonyl (C=O) groups excluding carboxylic acids is 1. The largest absolute Gasteiger partial charge is 0.489 e. The molecule has 0 radical (unpaired) electrons. The number of sulfonamides is 1. The molecule has 4 rings (SSSR count). The molecule has 204 valence electrons. The number of Topliss-reactive ketones (excluding diaryl/α,β-unsaturated/α-hetero) is 1. The molecule has 0 fully saturated rings. The van der Waals surface area contributed by atoms with E-state index in [0.717, 1.165) is 12.3 Å². The molecular weight excluding hydrogens is 534 g/mol. The van der Waals surface area contributed by atoms with Gasteiger partial charge in [-0.15, -0.1) is 0 Å². The standard InChI is InChI=1S/C27H24F2N2O7S/c1-39(35,36)31-13-23(30-14-24(32)33)26(34)18-4-2-3-16(11-18)15-38-19-7-5-17(6-8-19)21-12-22(28)25(29)20-9-10-37-27(20)21/h2-12,23,30-31H,13-15H2,1H3,(H,32,33). The summed E-state index contributed by atoms with van der Waals surface area (Å²) in [6, 6.07) is 14.5. The molecule has 3 N–H and O–H groups in total. The third-order valence-corrected chi connectivity index (χ3v) is 6.47. The zero-order valence-electron chi connectivity index (χ0n) is 20.6. The second-order valence-electron chi connectivity index (χ2n) is 8.71. The molecule has 0 spiro atoms. The average molecular weight is 559 g/mol. The minimum Gasteiger partial charge on any atom is -0.489 e. The van der Waals surface area contributed by atoms with Crippen LogP contribution in [0.5, 0.6) is 5.75 Å². The fourth-order valence-electron chi connectivity index (χ4n) is 3.91. The van der Waals surface area contributed by atoms with Crippen LogP contribution in [0.2, 0.25) is 0 Å². The zero-order chi connectivity index (χ0) is 28.2. The average Bonchev–Trinajstić information content (AvgIpc) is 3.39. The molecule has 4 aromatic rings. The Kier molecular flexibility index (Phi) is 8.38. The number of carboxylic acids is 1. The van der Waals surface area contributed by atoms with E-state index in [9.17, 15) is 26.8 Å². The maximum Gasteiger partial charge on any atom is 0.317 e. The summed E-state index contributed by atoms with van der Waals surface area (Å²) >= 11 is 0. The van der Waals surface area contributed by atoms with Gasteiger partial charge in [-0.05, 0) is 41.5 Å². The summed E-state index contributed by atoms with van der Waals surface area (Å²) in [7, 11) is -3.60. The third-order valence-electron chi connectivity index (χ3n) is 5.78. The van der Waals surface area contributed by atoms with Crippen molar-refractivity contribution < 1.29 is 41.0 Å². The summed E-state index contributed by atoms with van der Waals surface area (Å²) in [6.45, 7) is -0.764. The first-order valence-corrected chi connectivity index (χ1v) is 13.5. The van der Waals surface area contributed by atoms with Crippen LogP contribution in [0.3, 0.4) is 0 Å². The summed E-state index contributed by atoms with van der Waals surface area (Å²) in [5, 5.41) is 11.5. The molecule has 9 nitrogen and oxygen atoms in total. The number of hydrogen-bond donors (Lipinski definition) is 3. The highest BCUT2D eigenvalue weighted by Crippen LogP contribution is 2.33. The van der Waals surface area contributed by atoms with E-state index in [1.54, 1.807) is 42.5 Å². The molecule has 1 atom stereocenters. The van der Waals surface area contributed by atoms with Crippen molar-refractivity contribution in [1.82, 2.24) is 10.0 Å². The van der Waals surface area contributed by atoms with Gasteiger partial charge in [0, 0.05) is 17.7 Å². The van der Waals surface area contributed by atoms with Crippen LogP contribution in [0, 0.1) is 11.6 Å². The van der Waals surface area contributed by atoms with Crippen LogP contribution in [0.4, 0.5) is 8.78 Å². The molecule has 0 saturated heterocycles. The van der Waals surface area contributed by atoms with Crippen molar-refractivity contribution in [2.75, 3.05) is 19.3 Å². The summed E-state index contributed by atoms with van der Waals surface area (Å²) in [6.07, 6.45) is 2.23. The molecule has 1 unspecified atom stereocenters. The predicted octanol–water partition coefficient (Wildman–Crippen LogP) is 3.73. The van der Waals surface area contributed by atoms with Crippen LogP contribution >= 0.6 is 0 Å². The minimum absolute atomic E-state index is 0.0484. The van der Waals surface area contributed by atoms with Crippen LogP contribution < -0.4 is 14.8 Å². The lowest BCUT2D eigenvalue weighted by Crippen LogP contribution is -2.47. The van der Waals surface area contributed by atoms with Crippen LogP contribution in [-0.4, -0.2) is 50.7 Å². The molecule has 0 aliphatic rings. The van der Waals surface area contributed by atoms with Gasteiger partial charge in [0.1, 0.15) is 17.9 Å². The molecule has 0 bridgehead atoms. The lowest BCUT2D eigenvalue weighted by Gasteiger charge is -2.17. The van der Waals surface area contributed by atoms with Gasteiger partial charge >= 0.3 is 5.97 Å². The van der Waals surface area contributed by atoms with E-state index in [0.29, 0.717) is 22.4 Å². The molecule has 0 amide bonds. The Morgan fingerprint density at radius 3 is 2.51 bits per heavy atom. The van der Waals surface area contributed by atoms with Crippen LogP contribution in [0.15, 0.2) is 71.3 Å². The van der Waals surface area contributed by atoms with E-state index in [1.807, 2.05) is 0 Å². The number of carbonyl (C=O) groups is 2. The van der Waals surface area contributed by atoms with Gasteiger partial charge in [-0.2, -0.15) is 0 Å². The van der Waals surface area contributed by atoms with E-state index in [1.165, 1.54) is 18.4 Å². The number of furan rings is 1. The summed E-state index contributed by atoms with van der Waals surface area (Å²) < 4.78 is 64.3. The lowest BCUT2D eigenvalue weighted by molar-refractivity contribution is -0.136. The molecule has 1 heterocycles. The van der Waals surface area contributed by atoms with Crippen molar-refractivity contribution in [1.29, 1.82) is 0 Å². The molecule has 39 heavy (non-hydrogen) atoms. The Bertz CT molecular complexity index is 1620. The number of benzene rings is 3. The van der Waals surface area contributed by atoms with Gasteiger partial charge in [-0.3, -0.25) is 14.9 Å². The van der Waals surface area contributed by atoms with Gasteiger partial charge in [-0.25, -0.2) is 21.9 Å². The summed E-state index contributed by atoms with van der Waals surface area (Å²) in [4.78, 5) is 24.0. The van der Waals surface area contributed by atoms with E-state index >= 15 is 0 Å². The SMILES string of the molecule is CS(=O)(=O)NCC(NCC(=O)O)C(=O)c1cccc(COc2ccc(-c3cc(F)c(F)c4ccoc34)cc2)c1. The van der Waals surface area contributed by atoms with Gasteiger partial charge in [0.25, 0.3) is 0 Å². The Hall–Kier alpha value is -4.13. The van der Waals surface area contributed by atoms with Crippen LogP contribution in [-0.2, 0) is 21.4 Å². The van der Waals surface area contributed by atoms with Crippen molar-refractivity contribution in [2.24, 2.45) is 0 Å². The topological polar surface area (TPSA) is 135 Å². The third kappa shape index (κ3) is 7.05. The highest BCUT2D eigenvalue weighted by Gasteiger charge is 2.22. The van der Waals surface area contributed by atoms with Crippen LogP contribution in [0.25, 0.3) is 22.1 Å². The monoisotopic (exact) mass is 558 g/mol. The number of ketones is 1. The lowest BCUT2D eigenvalue weighted by atomic mass is 10.0. The number of ether oxygens (including phenoxy) is 1. The Balaban J connectivity index is 1.45. The van der Waals surface area contributed by atoms with Crippen molar-refractivity contribution in [2.45, 2.75) is 12.6 Å². The fourth-order valence-corrected chi connectivity index (χ4v) is 4.37. The number of hydrogen-bond acceptors (Lipinski definition) is 7. The van der Waals surface area contributed by atoms with Crippen molar-refractivity contribution in [3.8, 4) is 16.9 Å². The number of rotatable bonds is 12. The van der Waals surface area contributed by atoms with Gasteiger partial charge in [0.15, 0.2) is 17.4 Å². The number of aliphatic carboxylic acids is 1. The Morgan fingerprint density at radius 2 is 1.82 bits per heavy atom. The first-order chi connectivity index (χ1) is 18.5. The van der Waals surface area contributed by atoms with Gasteiger partial charge in [0.05, 0.1) is 30.5 Å². The Labute approximate surface area is 222 Å². The zero-order valence-corrected chi connectivity index (χ0v) is 21.4. The molecular formula is C27H24F2N2O7S. The normalized spacial score (nSPS) is 12.4. The maximum absolute atomic E-state index is 14.0. The second-order valence-corrected chi connectivity index (χ2v) is 10.5. The highest BCUT2D eigenvalue weighted by molar-refractivity contribution is 7.88. The quantitative estimate of drug-likeness (QED) is 0.224. The van der Waals surface area contributed by atoms with Gasteiger partial charge in [-0.1, -0.05) is 30.3 Å². The van der Waals surface area contributed by atoms with E-state index < -0.39 is 46.0 Å². The smallest absolute Gasteiger partial charge is 0.317 e. The van der Waals surface area contributed by atoms with Crippen LogP contribution in [0.1, 0.15) is 15.9 Å². The maximum atomic E-state index is 14.0. The molecule has 0 saturated carbocycles. The summed E-state index contributed by atoms with van der Waals surface area (Å²) in [5.74, 6) is -3.17. The minimum atomic E-state index is -3.60. The fraction of sp³-hybridized carbons (Fsp3) is 0.185. The highest BCUT2D eigenvalue weighted by atomic mass is 32.2. The van der Waals surface area contributed by atoms with E-state index in [-0.39, 0.29) is 29.7 Å². The van der Waals surface area contributed by atoms with Crippen molar-refractivity contribution >= 4 is 32.7 Å². The van der Waals surface area contributed by atoms with E-state index in [4.69, 9.17) is 14.3 Å². The summed E-state index contributed by atoms with van der Waals surface area (Å²) in [5.41, 5.74) is 2.09. The molecule has 1 aromatic heterocycles. The Morgan fingerprint density at radius 1 is 1.08 bits per heavy atom. The number of halogens is 2. The molecule has 0 aliphatic heterocycles. The van der Waals surface area contributed by atoms with Crippen molar-refractivity contribution in [3.63, 3.8) is 0 Å². The number of fused-ring (bicyclic) bond motifs is 1. The second kappa shape index (κ2) is 11.7. The van der Waals surface area contributed by atoms with E-state index in [2.05, 4.69) is 10.0 Å². The van der Waals surface area contributed by atoms with Crippen molar-refractivity contribution in [3.05, 3.63) is 89.7 Å². The number of nitrogens with one attached hydrogen (secondary N) is 2. The first kappa shape index (κ1) is 27.9. The van der Waals surface area contributed by atoms with Gasteiger partial charge < -0.3 is 14.3 Å². The van der Waals surface area contributed by atoms with Gasteiger partial charge in [0.2, 0.25) is 10.0 Å². The predicted molar refractivity (Wildman–Crippen MR) is 139 cm³/mol. The first-order valence-electron chi connectivity index (χ1n) is 11.6. The molecule has 12 heteroatoms.